The van der Waals surface area contributed by atoms with E-state index < -0.39 is 0 Å². The molecular formula is C29H36ClN5O2. The summed E-state index contributed by atoms with van der Waals surface area (Å²) in [7, 11) is 3.93. The zero-order valence-corrected chi connectivity index (χ0v) is 22.9. The third-order valence-electron chi connectivity index (χ3n) is 5.25. The lowest BCUT2D eigenvalue weighted by molar-refractivity contribution is -0.111. The van der Waals surface area contributed by atoms with Crippen molar-refractivity contribution in [3.63, 3.8) is 0 Å². The number of halogens is 1. The van der Waals surface area contributed by atoms with Gasteiger partial charge in [-0.2, -0.15) is 0 Å². The second-order valence-corrected chi connectivity index (χ2v) is 8.59. The molecule has 2 aromatic rings. The van der Waals surface area contributed by atoms with Gasteiger partial charge in [-0.05, 0) is 68.4 Å². The fourth-order valence-electron chi connectivity index (χ4n) is 3.38. The molecule has 1 aliphatic rings. The van der Waals surface area contributed by atoms with Gasteiger partial charge in [0.2, 0.25) is 11.9 Å². The third-order valence-corrected chi connectivity index (χ3v) is 5.51. The second kappa shape index (κ2) is 14.8. The number of hydrogen-bond donors (Lipinski definition) is 2. The van der Waals surface area contributed by atoms with Crippen LogP contribution in [0.5, 0.6) is 5.75 Å². The number of nitrogens with one attached hydrogen (secondary N) is 2. The fraction of sp³-hybridized carbons (Fsp3) is 0.276. The molecule has 0 aliphatic heterocycles. The summed E-state index contributed by atoms with van der Waals surface area (Å²) < 4.78 is 5.86. The van der Waals surface area contributed by atoms with Crippen LogP contribution in [0.1, 0.15) is 37.9 Å². The van der Waals surface area contributed by atoms with E-state index in [-0.39, 0.29) is 5.91 Å². The summed E-state index contributed by atoms with van der Waals surface area (Å²) in [6.45, 7) is 16.9. The summed E-state index contributed by atoms with van der Waals surface area (Å²) >= 11 is 6.21. The molecule has 1 amide bonds. The van der Waals surface area contributed by atoms with Crippen LogP contribution in [0.4, 0.5) is 17.3 Å². The molecule has 1 aromatic carbocycles. The highest BCUT2D eigenvalue weighted by Gasteiger charge is 2.15. The summed E-state index contributed by atoms with van der Waals surface area (Å²) in [5.41, 5.74) is 4.45. The molecule has 8 heteroatoms. The molecular weight excluding hydrogens is 486 g/mol. The van der Waals surface area contributed by atoms with Gasteiger partial charge in [0.1, 0.15) is 12.4 Å². The van der Waals surface area contributed by atoms with E-state index >= 15 is 0 Å². The summed E-state index contributed by atoms with van der Waals surface area (Å²) in [6.07, 6.45) is 10.2. The second-order valence-electron chi connectivity index (χ2n) is 8.16. The van der Waals surface area contributed by atoms with Crippen LogP contribution in [-0.4, -0.2) is 48.0 Å². The van der Waals surface area contributed by atoms with Crippen LogP contribution in [-0.2, 0) is 4.79 Å². The predicted molar refractivity (Wildman–Crippen MR) is 156 cm³/mol. The Bertz CT molecular complexity index is 1200. The number of aromatic nitrogens is 2. The van der Waals surface area contributed by atoms with E-state index in [1.165, 1.54) is 6.08 Å². The molecule has 1 aromatic heterocycles. The topological polar surface area (TPSA) is 79.4 Å². The van der Waals surface area contributed by atoms with Gasteiger partial charge in [0.05, 0.1) is 11.4 Å². The molecule has 2 N–H and O–H groups in total. The van der Waals surface area contributed by atoms with Gasteiger partial charge in [-0.25, -0.2) is 9.97 Å². The first-order valence-electron chi connectivity index (χ1n) is 12.2. The maximum atomic E-state index is 12.0. The van der Waals surface area contributed by atoms with E-state index in [1.807, 2.05) is 51.1 Å². The molecule has 1 aliphatic carbocycles. The van der Waals surface area contributed by atoms with Crippen molar-refractivity contribution in [2.24, 2.45) is 0 Å². The van der Waals surface area contributed by atoms with E-state index in [1.54, 1.807) is 24.4 Å². The van der Waals surface area contributed by atoms with Gasteiger partial charge in [0.15, 0.2) is 0 Å². The minimum atomic E-state index is -0.335. The number of ether oxygens (including phenoxy) is 1. The molecule has 196 valence electrons. The molecule has 37 heavy (non-hydrogen) atoms. The normalized spacial score (nSPS) is 12.4. The van der Waals surface area contributed by atoms with E-state index in [0.717, 1.165) is 36.1 Å². The lowest BCUT2D eigenvalue weighted by atomic mass is 9.94. The van der Waals surface area contributed by atoms with Crippen molar-refractivity contribution in [1.82, 2.24) is 14.9 Å². The van der Waals surface area contributed by atoms with Gasteiger partial charge >= 0.3 is 0 Å². The molecule has 0 fully saturated rings. The average molecular weight is 522 g/mol. The highest BCUT2D eigenvalue weighted by Crippen LogP contribution is 2.33. The highest BCUT2D eigenvalue weighted by atomic mass is 35.5. The number of nitrogens with zero attached hydrogens (tertiary/aromatic N) is 3. The van der Waals surface area contributed by atoms with Crippen molar-refractivity contribution >= 4 is 46.5 Å². The Labute approximate surface area is 225 Å². The molecule has 3 rings (SSSR count). The minimum absolute atomic E-state index is 0.335. The number of carbonyl (C=O) groups excluding carboxylic acids is 1. The Balaban J connectivity index is 0.00000235. The van der Waals surface area contributed by atoms with Gasteiger partial charge in [-0.3, -0.25) is 4.79 Å². The number of likely N-dealkylation sites (N-methyl/N-ethyl adjacent to an activating group) is 1. The number of carbonyl (C=O) groups is 1. The number of amides is 1. The standard InChI is InChI=1S/C27H30ClN5O2.C2H6/c1-6-19-17-29-27(32-26(19)18(3)20-9-8-10-21(28)15-20)30-22-11-12-24(35-14-13-33(4)5)23(16-22)31-25(34)7-2;1-2/h6-7,10-12,15-17H,1-3,8-9,13-14H2,4-5H3,(H,31,34)(H,29,30,32);1-2H3. The van der Waals surface area contributed by atoms with Crippen molar-refractivity contribution in [1.29, 1.82) is 0 Å². The molecule has 0 radical (unpaired) electrons. The van der Waals surface area contributed by atoms with Gasteiger partial charge in [-0.15, -0.1) is 0 Å². The van der Waals surface area contributed by atoms with E-state index in [4.69, 9.17) is 21.3 Å². The van der Waals surface area contributed by atoms with Crippen LogP contribution in [0.3, 0.4) is 0 Å². The predicted octanol–water partition coefficient (Wildman–Crippen LogP) is 6.81. The molecule has 0 saturated carbocycles. The van der Waals surface area contributed by atoms with Crippen molar-refractivity contribution < 1.29 is 9.53 Å². The Kier molecular flexibility index (Phi) is 11.8. The largest absolute Gasteiger partial charge is 0.490 e. The highest BCUT2D eigenvalue weighted by molar-refractivity contribution is 6.31. The van der Waals surface area contributed by atoms with Gasteiger partial charge in [0, 0.05) is 29.0 Å². The smallest absolute Gasteiger partial charge is 0.247 e. The molecule has 0 unspecified atom stereocenters. The lowest BCUT2D eigenvalue weighted by Gasteiger charge is -2.17. The first kappa shape index (κ1) is 29.5. The quantitative estimate of drug-likeness (QED) is 0.316. The summed E-state index contributed by atoms with van der Waals surface area (Å²) in [5, 5.41) is 6.69. The maximum Gasteiger partial charge on any atom is 0.247 e. The Hall–Kier alpha value is -3.68. The molecule has 0 spiro atoms. The van der Waals surface area contributed by atoms with Crippen LogP contribution in [0.15, 0.2) is 73.0 Å². The number of hydrogen-bond acceptors (Lipinski definition) is 6. The Morgan fingerprint density at radius 3 is 2.68 bits per heavy atom. The van der Waals surface area contributed by atoms with Gasteiger partial charge in [-0.1, -0.05) is 57.3 Å². The SMILES string of the molecule is C=CC(=O)Nc1cc(Nc2ncc(C=C)c(C(=C)C3=CC(Cl)=CCC3)n2)ccc1OCCN(C)C.CC. The number of benzene rings is 1. The number of allylic oxidation sites excluding steroid dienone is 5. The Morgan fingerprint density at radius 2 is 2.03 bits per heavy atom. The zero-order valence-electron chi connectivity index (χ0n) is 22.1. The van der Waals surface area contributed by atoms with Gasteiger partial charge in [0.25, 0.3) is 0 Å². The van der Waals surface area contributed by atoms with Crippen LogP contribution >= 0.6 is 11.6 Å². The van der Waals surface area contributed by atoms with Crippen LogP contribution in [0, 0.1) is 0 Å². The molecule has 0 atom stereocenters. The van der Waals surface area contributed by atoms with Crippen LogP contribution < -0.4 is 15.4 Å². The number of anilines is 3. The maximum absolute atomic E-state index is 12.0. The van der Waals surface area contributed by atoms with Crippen LogP contribution in [0.2, 0.25) is 0 Å². The number of rotatable bonds is 11. The van der Waals surface area contributed by atoms with Crippen molar-refractivity contribution in [2.75, 3.05) is 37.9 Å². The molecule has 1 heterocycles. The summed E-state index contributed by atoms with van der Waals surface area (Å²) in [4.78, 5) is 23.1. The minimum Gasteiger partial charge on any atom is -0.490 e. The monoisotopic (exact) mass is 521 g/mol. The van der Waals surface area contributed by atoms with Crippen molar-refractivity contribution in [2.45, 2.75) is 26.7 Å². The first-order chi connectivity index (χ1) is 17.8. The van der Waals surface area contributed by atoms with Crippen molar-refractivity contribution in [3.05, 3.63) is 84.2 Å². The van der Waals surface area contributed by atoms with E-state index in [0.29, 0.717) is 40.4 Å². The summed E-state index contributed by atoms with van der Waals surface area (Å²) in [5.74, 6) is 0.601. The molecule has 7 nitrogen and oxygen atoms in total. The summed E-state index contributed by atoms with van der Waals surface area (Å²) in [6, 6.07) is 5.39. The van der Waals surface area contributed by atoms with Crippen LogP contribution in [0.25, 0.3) is 11.6 Å². The molecule has 0 bridgehead atoms. The first-order valence-corrected chi connectivity index (χ1v) is 12.6. The average Bonchev–Trinajstić information content (AvgIpc) is 2.90. The Morgan fingerprint density at radius 1 is 1.27 bits per heavy atom. The third kappa shape index (κ3) is 8.74. The van der Waals surface area contributed by atoms with Gasteiger partial charge < -0.3 is 20.3 Å². The fourth-order valence-corrected chi connectivity index (χ4v) is 3.62. The van der Waals surface area contributed by atoms with Crippen molar-refractivity contribution in [3.8, 4) is 5.75 Å². The molecule has 0 saturated heterocycles. The van der Waals surface area contributed by atoms with E-state index in [2.05, 4.69) is 35.4 Å². The zero-order chi connectivity index (χ0) is 27.4. The van der Waals surface area contributed by atoms with E-state index in [9.17, 15) is 4.79 Å². The lowest BCUT2D eigenvalue weighted by Crippen LogP contribution is -2.20.